The lowest BCUT2D eigenvalue weighted by Crippen LogP contribution is -2.17. The normalized spacial score (nSPS) is 12.0. The third-order valence-electron chi connectivity index (χ3n) is 7.46. The van der Waals surface area contributed by atoms with Crippen LogP contribution in [0.1, 0.15) is 11.1 Å². The molecule has 0 amide bonds. The van der Waals surface area contributed by atoms with Gasteiger partial charge in [-0.25, -0.2) is 0 Å². The van der Waals surface area contributed by atoms with Crippen molar-refractivity contribution in [3.63, 3.8) is 0 Å². The van der Waals surface area contributed by atoms with Crippen LogP contribution >= 0.6 is 0 Å². The maximum absolute atomic E-state index is 13.2. The van der Waals surface area contributed by atoms with E-state index in [0.717, 1.165) is 10.8 Å². The van der Waals surface area contributed by atoms with Crippen molar-refractivity contribution in [3.05, 3.63) is 121 Å². The predicted molar refractivity (Wildman–Crippen MR) is 163 cm³/mol. The van der Waals surface area contributed by atoms with Crippen molar-refractivity contribution in [1.82, 2.24) is 0 Å². The minimum Gasteiger partial charge on any atom is -0.405 e. The Bertz CT molecular complexity index is 1940. The van der Waals surface area contributed by atoms with E-state index in [2.05, 4.69) is 22.6 Å². The Morgan fingerprint density at radius 3 is 1.07 bits per heavy atom. The fourth-order valence-electron chi connectivity index (χ4n) is 5.89. The van der Waals surface area contributed by atoms with Gasteiger partial charge < -0.3 is 9.47 Å². The summed E-state index contributed by atoms with van der Waals surface area (Å²) in [4.78, 5) is 0. The molecule has 0 aromatic heterocycles. The molecule has 0 aliphatic heterocycles. The zero-order valence-corrected chi connectivity index (χ0v) is 22.9. The first-order chi connectivity index (χ1) is 21.0. The summed E-state index contributed by atoms with van der Waals surface area (Å²) in [6, 6.07) is 26.6. The molecule has 0 radical (unpaired) electrons. The molecule has 0 unspecified atom stereocenters. The number of hydrogen-bond acceptors (Lipinski definition) is 2. The van der Waals surface area contributed by atoms with Gasteiger partial charge in [-0.3, -0.25) is 0 Å². The van der Waals surface area contributed by atoms with Gasteiger partial charge in [0.25, 0.3) is 0 Å². The Balaban J connectivity index is 1.70. The summed E-state index contributed by atoms with van der Waals surface area (Å²) in [5.41, 5.74) is 4.03. The van der Waals surface area contributed by atoms with Crippen molar-refractivity contribution in [2.24, 2.45) is 0 Å². The zero-order valence-electron chi connectivity index (χ0n) is 22.9. The van der Waals surface area contributed by atoms with Gasteiger partial charge in [0.05, 0.1) is 0 Å². The third-order valence-corrected chi connectivity index (χ3v) is 7.46. The van der Waals surface area contributed by atoms with Gasteiger partial charge in [-0.1, -0.05) is 110 Å². The summed E-state index contributed by atoms with van der Waals surface area (Å²) in [7, 11) is 0. The van der Waals surface area contributed by atoms with Crippen molar-refractivity contribution in [2.45, 2.75) is 12.7 Å². The molecule has 0 spiro atoms. The average Bonchev–Trinajstić information content (AvgIpc) is 2.99. The molecule has 0 aliphatic rings. The smallest absolute Gasteiger partial charge is 0.405 e. The lowest BCUT2D eigenvalue weighted by atomic mass is 9.81. The van der Waals surface area contributed by atoms with E-state index in [0.29, 0.717) is 44.2 Å². The number of alkyl halides is 6. The SMILES string of the molecule is C=Cc1c(C=C)c(-c2ccc(OC(F)(F)F)c3ccccc23)c2ccccc2c1-c1ccc(OC(F)(F)F)c2ccccc12. The van der Waals surface area contributed by atoms with Crippen molar-refractivity contribution >= 4 is 44.5 Å². The van der Waals surface area contributed by atoms with Gasteiger partial charge in [-0.2, -0.15) is 0 Å². The molecule has 0 atom stereocenters. The molecule has 0 N–H and O–H groups in total. The van der Waals surface area contributed by atoms with E-state index in [9.17, 15) is 26.3 Å². The quantitative estimate of drug-likeness (QED) is 0.177. The van der Waals surface area contributed by atoms with Gasteiger partial charge in [0, 0.05) is 10.8 Å². The van der Waals surface area contributed by atoms with Crippen LogP contribution in [0, 0.1) is 0 Å². The topological polar surface area (TPSA) is 18.5 Å². The summed E-state index contributed by atoms with van der Waals surface area (Å²) in [5, 5.41) is 3.14. The molecule has 0 saturated carbocycles. The van der Waals surface area contributed by atoms with Gasteiger partial charge in [0.15, 0.2) is 0 Å². The molecule has 6 rings (SSSR count). The first-order valence-corrected chi connectivity index (χ1v) is 13.4. The van der Waals surface area contributed by atoms with E-state index in [1.807, 2.05) is 24.3 Å². The Morgan fingerprint density at radius 1 is 0.432 bits per heavy atom. The highest BCUT2D eigenvalue weighted by Crippen LogP contribution is 2.48. The van der Waals surface area contributed by atoms with E-state index in [1.54, 1.807) is 72.8 Å². The van der Waals surface area contributed by atoms with E-state index < -0.39 is 12.7 Å². The molecule has 0 saturated heterocycles. The van der Waals surface area contributed by atoms with Gasteiger partial charge >= 0.3 is 12.7 Å². The standard InChI is InChI=1S/C36H22F6O2/c1-3-21-22(4-2)34(30-18-20-32(44-36(40,41)42)26-14-8-6-12-24(26)30)28-16-10-9-15-27(28)33(21)29-17-19-31(43-35(37,38)39)25-13-7-5-11-23(25)29/h3-20H,1-2H2. The van der Waals surface area contributed by atoms with Crippen molar-refractivity contribution in [2.75, 3.05) is 0 Å². The van der Waals surface area contributed by atoms with Crippen molar-refractivity contribution in [3.8, 4) is 33.8 Å². The Morgan fingerprint density at radius 2 is 0.750 bits per heavy atom. The Labute approximate surface area is 248 Å². The van der Waals surface area contributed by atoms with Crippen LogP contribution in [0.2, 0.25) is 0 Å². The third kappa shape index (κ3) is 5.13. The summed E-state index contributed by atoms with van der Waals surface area (Å²) in [5.74, 6) is -0.649. The molecule has 0 heterocycles. The number of hydrogen-bond donors (Lipinski definition) is 0. The second kappa shape index (κ2) is 10.8. The highest BCUT2D eigenvalue weighted by atomic mass is 19.4. The van der Waals surface area contributed by atoms with Gasteiger partial charge in [-0.05, 0) is 67.1 Å². The van der Waals surface area contributed by atoms with Crippen LogP contribution in [0.15, 0.2) is 110 Å². The summed E-state index contributed by atoms with van der Waals surface area (Å²) in [6.07, 6.45) is -6.43. The minimum atomic E-state index is -4.87. The minimum absolute atomic E-state index is 0.275. The van der Waals surface area contributed by atoms with Crippen LogP contribution < -0.4 is 9.47 Å². The number of benzene rings is 6. The summed E-state index contributed by atoms with van der Waals surface area (Å²) in [6.45, 7) is 8.13. The molecular weight excluding hydrogens is 578 g/mol. The van der Waals surface area contributed by atoms with Crippen LogP contribution in [-0.4, -0.2) is 12.7 Å². The molecule has 44 heavy (non-hydrogen) atoms. The van der Waals surface area contributed by atoms with Crippen LogP contribution in [0.5, 0.6) is 11.5 Å². The fraction of sp³-hybridized carbons (Fsp3) is 0.0556. The molecule has 0 aliphatic carbocycles. The van der Waals surface area contributed by atoms with Crippen molar-refractivity contribution in [1.29, 1.82) is 0 Å². The van der Waals surface area contributed by atoms with E-state index in [-0.39, 0.29) is 22.3 Å². The van der Waals surface area contributed by atoms with E-state index in [4.69, 9.17) is 0 Å². The molecule has 0 fully saturated rings. The summed E-state index contributed by atoms with van der Waals surface area (Å²) < 4.78 is 88.1. The molecular formula is C36H22F6O2. The van der Waals surface area contributed by atoms with Crippen LogP contribution in [0.3, 0.4) is 0 Å². The molecule has 6 aromatic carbocycles. The van der Waals surface area contributed by atoms with Gasteiger partial charge in [0.1, 0.15) is 11.5 Å². The molecule has 6 aromatic rings. The number of ether oxygens (including phenoxy) is 2. The number of fused-ring (bicyclic) bond motifs is 3. The Kier molecular flexibility index (Phi) is 7.08. The second-order valence-corrected chi connectivity index (χ2v) is 9.94. The van der Waals surface area contributed by atoms with Gasteiger partial charge in [0.2, 0.25) is 0 Å². The largest absolute Gasteiger partial charge is 0.573 e. The highest BCUT2D eigenvalue weighted by Gasteiger charge is 2.33. The van der Waals surface area contributed by atoms with Crippen LogP contribution in [-0.2, 0) is 0 Å². The van der Waals surface area contributed by atoms with E-state index >= 15 is 0 Å². The van der Waals surface area contributed by atoms with Crippen molar-refractivity contribution < 1.29 is 35.8 Å². The van der Waals surface area contributed by atoms with E-state index in [1.165, 1.54) is 12.1 Å². The fourth-order valence-corrected chi connectivity index (χ4v) is 5.89. The lowest BCUT2D eigenvalue weighted by Gasteiger charge is -2.23. The first-order valence-electron chi connectivity index (χ1n) is 13.4. The number of halogens is 6. The molecule has 0 bridgehead atoms. The van der Waals surface area contributed by atoms with Crippen LogP contribution in [0.4, 0.5) is 26.3 Å². The molecule has 2 nitrogen and oxygen atoms in total. The number of rotatable bonds is 6. The van der Waals surface area contributed by atoms with Crippen LogP contribution in [0.25, 0.3) is 66.7 Å². The first kappa shape index (κ1) is 28.9. The molecule has 220 valence electrons. The Hall–Kier alpha value is -5.24. The average molecular weight is 601 g/mol. The predicted octanol–water partition coefficient (Wildman–Crippen LogP) is 11.6. The molecule has 8 heteroatoms. The maximum atomic E-state index is 13.2. The second-order valence-electron chi connectivity index (χ2n) is 9.94. The lowest BCUT2D eigenvalue weighted by molar-refractivity contribution is -0.275. The summed E-state index contributed by atoms with van der Waals surface area (Å²) >= 11 is 0. The zero-order chi connectivity index (χ0) is 31.2. The monoisotopic (exact) mass is 600 g/mol. The maximum Gasteiger partial charge on any atom is 0.573 e. The highest BCUT2D eigenvalue weighted by molar-refractivity contribution is 6.18. The van der Waals surface area contributed by atoms with Gasteiger partial charge in [-0.15, -0.1) is 26.3 Å².